The Hall–Kier alpha value is -0.520. The lowest BCUT2D eigenvalue weighted by Gasteiger charge is -2.40. The third-order valence-electron chi connectivity index (χ3n) is 2.45. The zero-order valence-electron chi connectivity index (χ0n) is 8.01. The Labute approximate surface area is 75.3 Å². The second kappa shape index (κ2) is 4.49. The Morgan fingerprint density at radius 3 is 2.67 bits per heavy atom. The molecule has 0 aromatic rings. The normalized spacial score (nSPS) is 20.2. The third kappa shape index (κ3) is 2.00. The molecule has 1 N–H and O–H groups in total. The average Bonchev–Trinajstić information content (AvgIpc) is 1.99. The molecule has 1 heterocycles. The Kier molecular flexibility index (Phi) is 3.58. The first kappa shape index (κ1) is 9.57. The summed E-state index contributed by atoms with van der Waals surface area (Å²) in [5.41, 5.74) is 0. The first-order valence-electron chi connectivity index (χ1n) is 4.72. The van der Waals surface area contributed by atoms with Crippen molar-refractivity contribution in [1.29, 1.82) is 0 Å². The van der Waals surface area contributed by atoms with E-state index in [1.165, 1.54) is 6.42 Å². The molecule has 2 heteroatoms. The van der Waals surface area contributed by atoms with Crippen LogP contribution in [0.2, 0.25) is 0 Å². The van der Waals surface area contributed by atoms with E-state index in [-0.39, 0.29) is 6.04 Å². The maximum Gasteiger partial charge on any atom is 0.0686 e. The van der Waals surface area contributed by atoms with Crippen LogP contribution in [0.15, 0.2) is 0 Å². The van der Waals surface area contributed by atoms with Gasteiger partial charge >= 0.3 is 0 Å². The van der Waals surface area contributed by atoms with Gasteiger partial charge in [0.05, 0.1) is 6.04 Å². The van der Waals surface area contributed by atoms with Gasteiger partial charge in [0.25, 0.3) is 0 Å². The molecular formula is C10H18N2. The SMILES string of the molecule is C#CC(C)N(CCC)C1CNC1. The Bertz CT molecular complexity index is 167. The molecule has 0 saturated carbocycles. The molecule has 1 rings (SSSR count). The predicted octanol–water partition coefficient (Wildman–Crippen LogP) is 0.692. The maximum absolute atomic E-state index is 5.41. The van der Waals surface area contributed by atoms with Crippen molar-refractivity contribution in [3.8, 4) is 12.3 Å². The van der Waals surface area contributed by atoms with Gasteiger partial charge in [-0.3, -0.25) is 4.90 Å². The maximum atomic E-state index is 5.41. The van der Waals surface area contributed by atoms with Gasteiger partial charge in [0, 0.05) is 19.1 Å². The zero-order chi connectivity index (χ0) is 8.97. The van der Waals surface area contributed by atoms with Gasteiger partial charge in [0.2, 0.25) is 0 Å². The summed E-state index contributed by atoms with van der Waals surface area (Å²) in [5.74, 6) is 2.80. The highest BCUT2D eigenvalue weighted by Crippen LogP contribution is 2.09. The lowest BCUT2D eigenvalue weighted by atomic mass is 10.1. The smallest absolute Gasteiger partial charge is 0.0686 e. The highest BCUT2D eigenvalue weighted by atomic mass is 15.2. The minimum Gasteiger partial charge on any atom is -0.314 e. The lowest BCUT2D eigenvalue weighted by Crippen LogP contribution is -2.59. The van der Waals surface area contributed by atoms with Crippen molar-refractivity contribution in [2.75, 3.05) is 19.6 Å². The van der Waals surface area contributed by atoms with Gasteiger partial charge in [-0.25, -0.2) is 0 Å². The molecule has 0 spiro atoms. The van der Waals surface area contributed by atoms with Crippen LogP contribution in [-0.2, 0) is 0 Å². The van der Waals surface area contributed by atoms with Crippen LogP contribution in [0.1, 0.15) is 20.3 Å². The van der Waals surface area contributed by atoms with Gasteiger partial charge in [0.15, 0.2) is 0 Å². The molecule has 1 aliphatic heterocycles. The van der Waals surface area contributed by atoms with Crippen LogP contribution < -0.4 is 5.32 Å². The van der Waals surface area contributed by atoms with Crippen LogP contribution in [0.5, 0.6) is 0 Å². The first-order chi connectivity index (χ1) is 5.79. The molecule has 1 aliphatic rings. The summed E-state index contributed by atoms with van der Waals surface area (Å²) in [4.78, 5) is 2.41. The topological polar surface area (TPSA) is 15.3 Å². The van der Waals surface area contributed by atoms with Crippen LogP contribution >= 0.6 is 0 Å². The van der Waals surface area contributed by atoms with Gasteiger partial charge in [0.1, 0.15) is 0 Å². The molecule has 0 aromatic heterocycles. The van der Waals surface area contributed by atoms with E-state index < -0.39 is 0 Å². The van der Waals surface area contributed by atoms with Crippen molar-refractivity contribution in [2.24, 2.45) is 0 Å². The van der Waals surface area contributed by atoms with E-state index in [0.29, 0.717) is 6.04 Å². The van der Waals surface area contributed by atoms with Gasteiger partial charge in [-0.1, -0.05) is 12.8 Å². The fourth-order valence-electron chi connectivity index (χ4n) is 1.55. The molecule has 1 saturated heterocycles. The summed E-state index contributed by atoms with van der Waals surface area (Å²) < 4.78 is 0. The van der Waals surface area contributed by atoms with Crippen molar-refractivity contribution < 1.29 is 0 Å². The van der Waals surface area contributed by atoms with Crippen molar-refractivity contribution >= 4 is 0 Å². The number of nitrogens with one attached hydrogen (secondary N) is 1. The van der Waals surface area contributed by atoms with Crippen molar-refractivity contribution in [3.63, 3.8) is 0 Å². The summed E-state index contributed by atoms with van der Waals surface area (Å²) in [5, 5.41) is 3.27. The standard InChI is InChI=1S/C10H18N2/c1-4-6-12(9(3)5-2)10-7-11-8-10/h2,9-11H,4,6-8H2,1,3H3. The molecular weight excluding hydrogens is 148 g/mol. The van der Waals surface area contributed by atoms with Gasteiger partial charge in [-0.15, -0.1) is 6.42 Å². The highest BCUT2D eigenvalue weighted by molar-refractivity contribution is 5.01. The predicted molar refractivity (Wildman–Crippen MR) is 51.9 cm³/mol. The fraction of sp³-hybridized carbons (Fsp3) is 0.800. The highest BCUT2D eigenvalue weighted by Gasteiger charge is 2.26. The Morgan fingerprint density at radius 2 is 2.33 bits per heavy atom. The second-order valence-electron chi connectivity index (χ2n) is 3.39. The molecule has 1 fully saturated rings. The molecule has 0 aliphatic carbocycles. The molecule has 1 unspecified atom stereocenters. The van der Waals surface area contributed by atoms with E-state index in [4.69, 9.17) is 6.42 Å². The zero-order valence-corrected chi connectivity index (χ0v) is 8.01. The molecule has 2 nitrogen and oxygen atoms in total. The first-order valence-corrected chi connectivity index (χ1v) is 4.72. The summed E-state index contributed by atoms with van der Waals surface area (Å²) in [7, 11) is 0. The average molecular weight is 166 g/mol. The van der Waals surface area contributed by atoms with Crippen molar-refractivity contribution in [1.82, 2.24) is 10.2 Å². The van der Waals surface area contributed by atoms with Crippen LogP contribution in [0.4, 0.5) is 0 Å². The minimum absolute atomic E-state index is 0.289. The van der Waals surface area contributed by atoms with E-state index in [1.54, 1.807) is 0 Å². The number of hydrogen-bond donors (Lipinski definition) is 1. The molecule has 0 radical (unpaired) electrons. The van der Waals surface area contributed by atoms with Crippen LogP contribution in [0.3, 0.4) is 0 Å². The van der Waals surface area contributed by atoms with Crippen molar-refractivity contribution in [3.05, 3.63) is 0 Å². The van der Waals surface area contributed by atoms with Gasteiger partial charge in [-0.05, 0) is 19.9 Å². The largest absolute Gasteiger partial charge is 0.314 e. The van der Waals surface area contributed by atoms with Gasteiger partial charge in [-0.2, -0.15) is 0 Å². The van der Waals surface area contributed by atoms with Crippen LogP contribution in [0.25, 0.3) is 0 Å². The Balaban J connectivity index is 2.42. The minimum atomic E-state index is 0.289. The summed E-state index contributed by atoms with van der Waals surface area (Å²) in [6.45, 7) is 7.63. The van der Waals surface area contributed by atoms with E-state index in [1.807, 2.05) is 0 Å². The summed E-state index contributed by atoms with van der Waals surface area (Å²) in [6.07, 6.45) is 6.59. The lowest BCUT2D eigenvalue weighted by molar-refractivity contribution is 0.127. The summed E-state index contributed by atoms with van der Waals surface area (Å²) >= 11 is 0. The number of terminal acetylenes is 1. The quantitative estimate of drug-likeness (QED) is 0.618. The molecule has 0 aromatic carbocycles. The van der Waals surface area contributed by atoms with E-state index in [9.17, 15) is 0 Å². The number of nitrogens with zero attached hydrogens (tertiary/aromatic N) is 1. The van der Waals surface area contributed by atoms with Crippen LogP contribution in [-0.4, -0.2) is 36.6 Å². The van der Waals surface area contributed by atoms with Crippen LogP contribution in [0, 0.1) is 12.3 Å². The summed E-state index contributed by atoms with van der Waals surface area (Å²) in [6, 6.07) is 0.966. The number of rotatable bonds is 4. The number of hydrogen-bond acceptors (Lipinski definition) is 2. The monoisotopic (exact) mass is 166 g/mol. The van der Waals surface area contributed by atoms with Crippen molar-refractivity contribution in [2.45, 2.75) is 32.4 Å². The third-order valence-corrected chi connectivity index (χ3v) is 2.45. The van der Waals surface area contributed by atoms with E-state index in [2.05, 4.69) is 30.0 Å². The molecule has 1 atom stereocenters. The fourth-order valence-corrected chi connectivity index (χ4v) is 1.55. The molecule has 0 bridgehead atoms. The van der Waals surface area contributed by atoms with E-state index >= 15 is 0 Å². The molecule has 0 amide bonds. The molecule has 12 heavy (non-hydrogen) atoms. The molecule has 68 valence electrons. The van der Waals surface area contributed by atoms with E-state index in [0.717, 1.165) is 19.6 Å². The second-order valence-corrected chi connectivity index (χ2v) is 3.39. The Morgan fingerprint density at radius 1 is 1.67 bits per heavy atom. The van der Waals surface area contributed by atoms with Gasteiger partial charge < -0.3 is 5.32 Å².